The van der Waals surface area contributed by atoms with E-state index in [9.17, 15) is 45.6 Å². The van der Waals surface area contributed by atoms with Gasteiger partial charge in [-0.25, -0.2) is 0 Å². The van der Waals surface area contributed by atoms with Gasteiger partial charge in [0.1, 0.15) is 48.8 Å². The summed E-state index contributed by atoms with van der Waals surface area (Å²) in [5.41, 5.74) is 0. The van der Waals surface area contributed by atoms with Gasteiger partial charge in [0.25, 0.3) is 0 Å². The van der Waals surface area contributed by atoms with Gasteiger partial charge >= 0.3 is 0 Å². The lowest BCUT2D eigenvalue weighted by Crippen LogP contribution is -2.65. The van der Waals surface area contributed by atoms with Crippen molar-refractivity contribution < 1.29 is 64.6 Å². The molecule has 1 amide bonds. The molecular weight excluding hydrogens is 1300 g/mol. The number of amides is 1. The van der Waals surface area contributed by atoms with Crippen molar-refractivity contribution in [2.45, 2.75) is 498 Å². The molecule has 12 atom stereocenters. The smallest absolute Gasteiger partial charge is 0.220 e. The lowest BCUT2D eigenvalue weighted by molar-refractivity contribution is -0.359. The van der Waals surface area contributed by atoms with Gasteiger partial charge in [-0.15, -0.1) is 0 Å². The Kier molecular flexibility index (Phi) is 69.5. The molecular formula is C90H169NO13. The first-order valence-corrected chi connectivity index (χ1v) is 44.9. The standard InChI is InChI=1S/C90H169NO13/c1-3-5-7-9-11-13-15-17-19-21-23-25-27-29-31-33-34-35-36-37-38-39-40-41-42-43-44-46-48-50-52-54-56-58-60-62-64-66-68-70-72-74-82(95)91-78(77-101-89-87(100)85(98)88(81(76-93)103-89)104-90-86(99)84(97)83(96)80(75-92)102-90)79(94)73-71-69-67-65-63-61-59-57-55-53-51-49-47-45-32-30-28-26-24-22-20-18-16-14-12-10-8-6-4-2/h15,17,21,23,27,29,71,73,78-81,83-90,92-94,96-100H,3-14,16,18-20,22,24-26,28,30-70,72,74-77H2,1-2H3,(H,91,95)/b17-15-,23-21-,29-27-,73-71+. The minimum Gasteiger partial charge on any atom is -0.394 e. The number of nitrogens with one attached hydrogen (secondary N) is 1. The summed E-state index contributed by atoms with van der Waals surface area (Å²) in [6.07, 6.45) is 83.7. The van der Waals surface area contributed by atoms with Gasteiger partial charge in [0.2, 0.25) is 5.91 Å². The Morgan fingerprint density at radius 1 is 0.346 bits per heavy atom. The normalized spacial score (nSPS) is 21.6. The topological polar surface area (TPSA) is 228 Å². The maximum absolute atomic E-state index is 13.4. The van der Waals surface area contributed by atoms with Crippen LogP contribution in [0.15, 0.2) is 48.6 Å². The quantitative estimate of drug-likeness (QED) is 0.0204. The van der Waals surface area contributed by atoms with E-state index in [1.807, 2.05) is 6.08 Å². The van der Waals surface area contributed by atoms with Crippen molar-refractivity contribution in [2.24, 2.45) is 0 Å². The van der Waals surface area contributed by atoms with Crippen LogP contribution in [-0.2, 0) is 23.7 Å². The van der Waals surface area contributed by atoms with Gasteiger partial charge < -0.3 is 65.1 Å². The van der Waals surface area contributed by atoms with E-state index in [2.05, 4.69) is 55.6 Å². The summed E-state index contributed by atoms with van der Waals surface area (Å²) in [7, 11) is 0. The molecule has 0 aromatic heterocycles. The highest BCUT2D eigenvalue weighted by Gasteiger charge is 2.51. The van der Waals surface area contributed by atoms with E-state index in [1.165, 1.54) is 347 Å². The summed E-state index contributed by atoms with van der Waals surface area (Å²) >= 11 is 0. The second-order valence-corrected chi connectivity index (χ2v) is 31.7. The van der Waals surface area contributed by atoms with Crippen molar-refractivity contribution in [2.75, 3.05) is 19.8 Å². The number of ether oxygens (including phenoxy) is 4. The van der Waals surface area contributed by atoms with Crippen LogP contribution in [0.3, 0.4) is 0 Å². The summed E-state index contributed by atoms with van der Waals surface area (Å²) < 4.78 is 23.0. The first-order chi connectivity index (χ1) is 51.1. The summed E-state index contributed by atoms with van der Waals surface area (Å²) in [6.45, 7) is 2.86. The third-order valence-corrected chi connectivity index (χ3v) is 22.0. The van der Waals surface area contributed by atoms with Crippen LogP contribution < -0.4 is 5.32 Å². The molecule has 2 saturated heterocycles. The van der Waals surface area contributed by atoms with E-state index in [-0.39, 0.29) is 18.9 Å². The fraction of sp³-hybridized carbons (Fsp3) is 0.900. The maximum atomic E-state index is 13.4. The van der Waals surface area contributed by atoms with E-state index in [4.69, 9.17) is 18.9 Å². The lowest BCUT2D eigenvalue weighted by Gasteiger charge is -2.46. The largest absolute Gasteiger partial charge is 0.394 e. The molecule has 0 aromatic rings. The molecule has 0 radical (unpaired) electrons. The van der Waals surface area contributed by atoms with Crippen molar-refractivity contribution in [3.05, 3.63) is 48.6 Å². The molecule has 612 valence electrons. The second kappa shape index (κ2) is 73.7. The maximum Gasteiger partial charge on any atom is 0.220 e. The number of carbonyl (C=O) groups is 1. The van der Waals surface area contributed by atoms with Crippen LogP contribution in [0.25, 0.3) is 0 Å². The molecule has 2 rings (SSSR count). The lowest BCUT2D eigenvalue weighted by atomic mass is 9.97. The first kappa shape index (κ1) is 98.0. The van der Waals surface area contributed by atoms with Crippen molar-refractivity contribution >= 4 is 5.91 Å². The molecule has 0 bridgehead atoms. The molecule has 104 heavy (non-hydrogen) atoms. The van der Waals surface area contributed by atoms with E-state index >= 15 is 0 Å². The predicted octanol–water partition coefficient (Wildman–Crippen LogP) is 21.7. The Morgan fingerprint density at radius 2 is 0.635 bits per heavy atom. The number of aliphatic hydroxyl groups is 8. The number of aliphatic hydroxyl groups excluding tert-OH is 8. The highest BCUT2D eigenvalue weighted by Crippen LogP contribution is 2.31. The number of allylic oxidation sites excluding steroid dienone is 7. The number of unbranched alkanes of at least 4 members (excludes halogenated alkanes) is 58. The van der Waals surface area contributed by atoms with Gasteiger partial charge in [0.05, 0.1) is 32.0 Å². The van der Waals surface area contributed by atoms with E-state index < -0.39 is 86.8 Å². The number of hydrogen-bond acceptors (Lipinski definition) is 13. The van der Waals surface area contributed by atoms with Gasteiger partial charge in [0.15, 0.2) is 12.6 Å². The van der Waals surface area contributed by atoms with Gasteiger partial charge in [0, 0.05) is 6.42 Å². The minimum atomic E-state index is -1.79. The van der Waals surface area contributed by atoms with Crippen LogP contribution >= 0.6 is 0 Å². The fourth-order valence-electron chi connectivity index (χ4n) is 15.0. The molecule has 2 heterocycles. The summed E-state index contributed by atoms with van der Waals surface area (Å²) in [4.78, 5) is 13.4. The number of rotatable bonds is 77. The fourth-order valence-corrected chi connectivity index (χ4v) is 15.0. The highest BCUT2D eigenvalue weighted by molar-refractivity contribution is 5.76. The van der Waals surface area contributed by atoms with Crippen LogP contribution in [-0.4, -0.2) is 140 Å². The average Bonchev–Trinajstić information content (AvgIpc) is 0.789. The Labute approximate surface area is 639 Å². The minimum absolute atomic E-state index is 0.230. The Hall–Kier alpha value is -2.05. The number of carbonyl (C=O) groups excluding carboxylic acids is 1. The van der Waals surface area contributed by atoms with E-state index in [0.29, 0.717) is 6.42 Å². The third kappa shape index (κ3) is 55.4. The second-order valence-electron chi connectivity index (χ2n) is 31.7. The molecule has 0 aromatic carbocycles. The molecule has 2 aliphatic rings. The van der Waals surface area contributed by atoms with Crippen molar-refractivity contribution in [1.29, 1.82) is 0 Å². The molecule has 14 heteroatoms. The van der Waals surface area contributed by atoms with Gasteiger partial charge in [-0.1, -0.05) is 409 Å². The molecule has 9 N–H and O–H groups in total. The molecule has 12 unspecified atom stereocenters. The average molecular weight is 1470 g/mol. The zero-order chi connectivity index (χ0) is 75.1. The molecule has 2 fully saturated rings. The molecule has 2 aliphatic heterocycles. The van der Waals surface area contributed by atoms with Crippen molar-refractivity contribution in [1.82, 2.24) is 5.32 Å². The van der Waals surface area contributed by atoms with Crippen LogP contribution in [0.1, 0.15) is 425 Å². The Balaban J connectivity index is 1.55. The SMILES string of the molecule is CCCCCCC/C=C\C/C=C\C/C=C\CCCCCCCCCCCCCCCCCCCCCCCCCCCCC(=O)NC(COC1OC(CO)C(OC2OC(CO)C(O)C(O)C2O)C(O)C1O)C(O)/C=C/CCCCCCCCCCCCCCCCCCCCCCCCCCCCC. The van der Waals surface area contributed by atoms with E-state index in [1.54, 1.807) is 6.08 Å². The summed E-state index contributed by atoms with van der Waals surface area (Å²) in [6, 6.07) is -0.916. The van der Waals surface area contributed by atoms with Crippen LogP contribution in [0.4, 0.5) is 0 Å². The first-order valence-electron chi connectivity index (χ1n) is 44.9. The van der Waals surface area contributed by atoms with Crippen LogP contribution in [0.2, 0.25) is 0 Å². The van der Waals surface area contributed by atoms with Crippen LogP contribution in [0, 0.1) is 0 Å². The van der Waals surface area contributed by atoms with Crippen molar-refractivity contribution in [3.8, 4) is 0 Å². The summed E-state index contributed by atoms with van der Waals surface area (Å²) in [5, 5.41) is 87.9. The molecule has 0 aliphatic carbocycles. The molecule has 0 saturated carbocycles. The van der Waals surface area contributed by atoms with E-state index in [0.717, 1.165) is 51.4 Å². The predicted molar refractivity (Wildman–Crippen MR) is 434 cm³/mol. The van der Waals surface area contributed by atoms with Gasteiger partial charge in [-0.2, -0.15) is 0 Å². The monoisotopic (exact) mass is 1470 g/mol. The summed E-state index contributed by atoms with van der Waals surface area (Å²) in [5.74, 6) is -0.230. The molecule has 14 nitrogen and oxygen atoms in total. The van der Waals surface area contributed by atoms with Gasteiger partial charge in [-0.3, -0.25) is 4.79 Å². The number of hydrogen-bond donors (Lipinski definition) is 9. The zero-order valence-electron chi connectivity index (χ0n) is 67.5. The van der Waals surface area contributed by atoms with Crippen LogP contribution in [0.5, 0.6) is 0 Å². The zero-order valence-corrected chi connectivity index (χ0v) is 67.5. The Morgan fingerprint density at radius 3 is 0.971 bits per heavy atom. The van der Waals surface area contributed by atoms with Crippen molar-refractivity contribution in [3.63, 3.8) is 0 Å². The van der Waals surface area contributed by atoms with Gasteiger partial charge in [-0.05, 0) is 57.8 Å². The highest BCUT2D eigenvalue weighted by atomic mass is 16.7. The third-order valence-electron chi connectivity index (χ3n) is 22.0. The Bertz CT molecular complexity index is 1930. The molecule has 0 spiro atoms.